The van der Waals surface area contributed by atoms with Crippen molar-refractivity contribution in [3.8, 4) is 0 Å². The lowest BCUT2D eigenvalue weighted by molar-refractivity contribution is -0.136. The van der Waals surface area contributed by atoms with E-state index in [-0.39, 0.29) is 24.4 Å². The smallest absolute Gasteiger partial charge is 0.244 e. The molecule has 0 spiro atoms. The summed E-state index contributed by atoms with van der Waals surface area (Å²) in [6.07, 6.45) is 4.28. The van der Waals surface area contributed by atoms with E-state index in [4.69, 9.17) is 0 Å². The molecule has 1 aliphatic heterocycles. The van der Waals surface area contributed by atoms with Crippen LogP contribution in [0.2, 0.25) is 0 Å². The van der Waals surface area contributed by atoms with Crippen LogP contribution < -0.4 is 5.32 Å². The van der Waals surface area contributed by atoms with Crippen LogP contribution >= 0.6 is 0 Å². The summed E-state index contributed by atoms with van der Waals surface area (Å²) in [4.78, 5) is 28.9. The Kier molecular flexibility index (Phi) is 4.96. The Morgan fingerprint density at radius 3 is 2.48 bits per heavy atom. The number of hydrogen-bond acceptors (Lipinski definition) is 3. The zero-order chi connectivity index (χ0) is 16.2. The van der Waals surface area contributed by atoms with Crippen molar-refractivity contribution < 1.29 is 9.59 Å². The van der Waals surface area contributed by atoms with Gasteiger partial charge in [-0.15, -0.1) is 0 Å². The largest absolute Gasteiger partial charge is 0.352 e. The summed E-state index contributed by atoms with van der Waals surface area (Å²) in [5, 5.41) is 2.99. The molecule has 2 amide bonds. The summed E-state index contributed by atoms with van der Waals surface area (Å²) in [7, 11) is 1.86. The molecule has 1 aromatic rings. The van der Waals surface area contributed by atoms with E-state index < -0.39 is 0 Å². The maximum absolute atomic E-state index is 13.0. The van der Waals surface area contributed by atoms with Crippen molar-refractivity contribution in [3.05, 3.63) is 35.9 Å². The highest BCUT2D eigenvalue weighted by Crippen LogP contribution is 2.24. The zero-order valence-corrected chi connectivity index (χ0v) is 13.7. The topological polar surface area (TPSA) is 52.7 Å². The van der Waals surface area contributed by atoms with Crippen molar-refractivity contribution in [3.63, 3.8) is 0 Å². The third kappa shape index (κ3) is 4.10. The molecule has 1 N–H and O–H groups in total. The highest BCUT2D eigenvalue weighted by atomic mass is 16.2. The second-order valence-corrected chi connectivity index (χ2v) is 6.60. The molecule has 2 fully saturated rings. The average molecular weight is 315 g/mol. The summed E-state index contributed by atoms with van der Waals surface area (Å²) < 4.78 is 0. The van der Waals surface area contributed by atoms with Crippen LogP contribution in [-0.4, -0.2) is 54.3 Å². The highest BCUT2D eigenvalue weighted by molar-refractivity contribution is 5.85. The van der Waals surface area contributed by atoms with Crippen LogP contribution in [0.25, 0.3) is 0 Å². The lowest BCUT2D eigenvalue weighted by atomic mass is 10.0. The molecule has 0 unspecified atom stereocenters. The van der Waals surface area contributed by atoms with Crippen molar-refractivity contribution >= 4 is 11.8 Å². The van der Waals surface area contributed by atoms with Gasteiger partial charge in [0.2, 0.25) is 11.8 Å². The predicted molar refractivity (Wildman–Crippen MR) is 88.8 cm³/mol. The number of amides is 2. The normalized spacial score (nSPS) is 19.0. The number of likely N-dealkylation sites (tertiary alicyclic amines) is 1. The number of benzene rings is 1. The van der Waals surface area contributed by atoms with Gasteiger partial charge in [0.15, 0.2) is 0 Å². The summed E-state index contributed by atoms with van der Waals surface area (Å²) in [6.45, 7) is 1.89. The van der Waals surface area contributed by atoms with Crippen LogP contribution in [0.5, 0.6) is 0 Å². The van der Waals surface area contributed by atoms with Crippen molar-refractivity contribution in [1.82, 2.24) is 15.1 Å². The summed E-state index contributed by atoms with van der Waals surface area (Å²) in [6, 6.07) is 9.72. The molecule has 1 saturated heterocycles. The van der Waals surface area contributed by atoms with Crippen molar-refractivity contribution in [2.24, 2.45) is 0 Å². The average Bonchev–Trinajstić information content (AvgIpc) is 3.17. The van der Waals surface area contributed by atoms with Gasteiger partial charge in [-0.3, -0.25) is 14.5 Å². The lowest BCUT2D eigenvalue weighted by Crippen LogP contribution is -2.44. The molecule has 5 heteroatoms. The Bertz CT molecular complexity index is 551. The fourth-order valence-corrected chi connectivity index (χ4v) is 3.15. The summed E-state index contributed by atoms with van der Waals surface area (Å²) in [5.41, 5.74) is 0.950. The Hall–Kier alpha value is -1.88. The summed E-state index contributed by atoms with van der Waals surface area (Å²) >= 11 is 0. The molecule has 1 aliphatic carbocycles. The fourth-order valence-electron chi connectivity index (χ4n) is 3.15. The van der Waals surface area contributed by atoms with Crippen LogP contribution in [0.1, 0.15) is 37.3 Å². The number of nitrogens with one attached hydrogen (secondary N) is 1. The molecule has 5 nitrogen and oxygen atoms in total. The van der Waals surface area contributed by atoms with E-state index in [1.54, 1.807) is 0 Å². The van der Waals surface area contributed by atoms with Gasteiger partial charge in [-0.2, -0.15) is 0 Å². The molecule has 0 bridgehead atoms. The van der Waals surface area contributed by atoms with Gasteiger partial charge in [0, 0.05) is 19.1 Å². The Balaban J connectivity index is 1.73. The van der Waals surface area contributed by atoms with Crippen molar-refractivity contribution in [2.45, 2.75) is 37.8 Å². The van der Waals surface area contributed by atoms with Gasteiger partial charge in [0.25, 0.3) is 0 Å². The zero-order valence-electron chi connectivity index (χ0n) is 13.7. The second kappa shape index (κ2) is 7.13. The molecule has 3 rings (SSSR count). The Morgan fingerprint density at radius 2 is 1.87 bits per heavy atom. The summed E-state index contributed by atoms with van der Waals surface area (Å²) in [5.74, 6) is 0.112. The fraction of sp³-hybridized carbons (Fsp3) is 0.556. The van der Waals surface area contributed by atoms with Crippen molar-refractivity contribution in [2.75, 3.05) is 26.7 Å². The molecule has 1 atom stereocenters. The number of nitrogens with zero attached hydrogens (tertiary/aromatic N) is 2. The first-order valence-corrected chi connectivity index (χ1v) is 8.48. The number of carbonyl (C=O) groups excluding carboxylic acids is 2. The molecule has 1 aromatic carbocycles. The van der Waals surface area contributed by atoms with Gasteiger partial charge >= 0.3 is 0 Å². The van der Waals surface area contributed by atoms with Gasteiger partial charge in [-0.05, 0) is 38.3 Å². The van der Waals surface area contributed by atoms with Crippen LogP contribution in [0, 0.1) is 0 Å². The van der Waals surface area contributed by atoms with E-state index in [2.05, 4.69) is 5.32 Å². The molecule has 2 aliphatic rings. The minimum Gasteiger partial charge on any atom is -0.352 e. The first-order chi connectivity index (χ1) is 11.1. The number of hydrogen-bond donors (Lipinski definition) is 1. The third-order valence-corrected chi connectivity index (χ3v) is 4.54. The number of rotatable bonds is 6. The molecule has 1 heterocycles. The van der Waals surface area contributed by atoms with E-state index in [1.807, 2.05) is 47.2 Å². The van der Waals surface area contributed by atoms with Gasteiger partial charge in [0.1, 0.15) is 6.04 Å². The molecular weight excluding hydrogens is 290 g/mol. The SMILES string of the molecule is CN(CC(=O)NC1CC1)[C@@H](C(=O)N1CCCC1)c1ccccc1. The monoisotopic (exact) mass is 315 g/mol. The van der Waals surface area contributed by atoms with Gasteiger partial charge in [-0.1, -0.05) is 30.3 Å². The van der Waals surface area contributed by atoms with E-state index in [1.165, 1.54) is 0 Å². The maximum Gasteiger partial charge on any atom is 0.244 e. The Labute approximate surface area is 137 Å². The molecule has 124 valence electrons. The van der Waals surface area contributed by atoms with Crippen LogP contribution in [0.3, 0.4) is 0 Å². The first kappa shape index (κ1) is 16.0. The second-order valence-electron chi connectivity index (χ2n) is 6.60. The van der Waals surface area contributed by atoms with E-state index in [9.17, 15) is 9.59 Å². The quantitative estimate of drug-likeness (QED) is 0.867. The van der Waals surface area contributed by atoms with Crippen molar-refractivity contribution in [1.29, 1.82) is 0 Å². The minimum atomic E-state index is -0.390. The number of likely N-dealkylation sites (N-methyl/N-ethyl adjacent to an activating group) is 1. The number of carbonyl (C=O) groups is 2. The van der Waals surface area contributed by atoms with E-state index in [0.717, 1.165) is 44.3 Å². The Morgan fingerprint density at radius 1 is 1.22 bits per heavy atom. The molecule has 0 aromatic heterocycles. The van der Waals surface area contributed by atoms with Gasteiger partial charge in [-0.25, -0.2) is 0 Å². The van der Waals surface area contributed by atoms with E-state index in [0.29, 0.717) is 6.04 Å². The minimum absolute atomic E-state index is 0.00477. The highest BCUT2D eigenvalue weighted by Gasteiger charge is 2.32. The van der Waals surface area contributed by atoms with Gasteiger partial charge < -0.3 is 10.2 Å². The third-order valence-electron chi connectivity index (χ3n) is 4.54. The maximum atomic E-state index is 13.0. The first-order valence-electron chi connectivity index (χ1n) is 8.48. The molecule has 0 radical (unpaired) electrons. The standard InChI is InChI=1S/C18H25N3O2/c1-20(13-16(22)19-15-9-10-15)17(14-7-3-2-4-8-14)18(23)21-11-5-6-12-21/h2-4,7-8,15,17H,5-6,9-13H2,1H3,(H,19,22)/t17-/m1/s1. The van der Waals surface area contributed by atoms with E-state index >= 15 is 0 Å². The van der Waals surface area contributed by atoms with Crippen LogP contribution in [0.15, 0.2) is 30.3 Å². The van der Waals surface area contributed by atoms with Crippen LogP contribution in [-0.2, 0) is 9.59 Å². The van der Waals surface area contributed by atoms with Crippen LogP contribution in [0.4, 0.5) is 0 Å². The molecular formula is C18H25N3O2. The lowest BCUT2D eigenvalue weighted by Gasteiger charge is -2.30. The molecule has 1 saturated carbocycles. The van der Waals surface area contributed by atoms with Gasteiger partial charge in [0.05, 0.1) is 6.54 Å². The molecule has 23 heavy (non-hydrogen) atoms. The predicted octanol–water partition coefficient (Wildman–Crippen LogP) is 1.56.